The second kappa shape index (κ2) is 2.71. The van der Waals surface area contributed by atoms with E-state index >= 15 is 0 Å². The molecule has 0 atom stereocenters. The van der Waals surface area contributed by atoms with Gasteiger partial charge in [-0.05, 0) is 18.2 Å². The van der Waals surface area contributed by atoms with Crippen molar-refractivity contribution >= 4 is 33.7 Å². The van der Waals surface area contributed by atoms with E-state index in [-0.39, 0.29) is 4.90 Å². The Bertz CT molecular complexity index is 481. The smallest absolute Gasteiger partial charge is 0.235 e. The van der Waals surface area contributed by atoms with Crippen molar-refractivity contribution in [3.05, 3.63) is 23.2 Å². The molecule has 6 heteroatoms. The molecule has 13 heavy (non-hydrogen) atoms. The van der Waals surface area contributed by atoms with Gasteiger partial charge in [0, 0.05) is 5.02 Å². The Morgan fingerprint density at radius 3 is 2.85 bits per heavy atom. The zero-order valence-electron chi connectivity index (χ0n) is 6.31. The van der Waals surface area contributed by atoms with Crippen LogP contribution in [-0.2, 0) is 10.0 Å². The van der Waals surface area contributed by atoms with Gasteiger partial charge < -0.3 is 0 Å². The van der Waals surface area contributed by atoms with E-state index in [1.165, 1.54) is 18.2 Å². The summed E-state index contributed by atoms with van der Waals surface area (Å²) in [5.41, 5.74) is 0.336. The normalized spacial score (nSPS) is 17.6. The number of nitrogens with zero attached hydrogens (tertiary/aromatic N) is 2. The van der Waals surface area contributed by atoms with Gasteiger partial charge in [-0.2, -0.15) is 8.42 Å². The van der Waals surface area contributed by atoms with Crippen molar-refractivity contribution in [2.75, 3.05) is 0 Å². The highest BCUT2D eigenvalue weighted by Crippen LogP contribution is 2.29. The SMILES string of the molecule is O=S1(=O)[N]C=Nc2cc(Cl)ccc21. The molecule has 1 aromatic rings. The monoisotopic (exact) mass is 215 g/mol. The van der Waals surface area contributed by atoms with Crippen molar-refractivity contribution in [2.45, 2.75) is 4.90 Å². The lowest BCUT2D eigenvalue weighted by Crippen LogP contribution is -2.17. The van der Waals surface area contributed by atoms with Gasteiger partial charge in [0.1, 0.15) is 11.2 Å². The number of benzene rings is 1. The van der Waals surface area contributed by atoms with E-state index in [0.29, 0.717) is 10.7 Å². The number of fused-ring (bicyclic) bond motifs is 1. The predicted molar refractivity (Wildman–Crippen MR) is 48.9 cm³/mol. The first kappa shape index (κ1) is 8.52. The second-order valence-electron chi connectivity index (χ2n) is 2.44. The Morgan fingerprint density at radius 1 is 1.31 bits per heavy atom. The summed E-state index contributed by atoms with van der Waals surface area (Å²) in [5, 5.41) is 0.452. The van der Waals surface area contributed by atoms with Gasteiger partial charge in [-0.15, -0.1) is 4.72 Å². The fourth-order valence-electron chi connectivity index (χ4n) is 1.01. The van der Waals surface area contributed by atoms with Gasteiger partial charge >= 0.3 is 0 Å². The van der Waals surface area contributed by atoms with Crippen LogP contribution in [0, 0.1) is 0 Å². The van der Waals surface area contributed by atoms with Gasteiger partial charge in [0.2, 0.25) is 0 Å². The lowest BCUT2D eigenvalue weighted by atomic mass is 10.3. The number of hydrogen-bond donors (Lipinski definition) is 0. The molecule has 0 aromatic heterocycles. The van der Waals surface area contributed by atoms with Crippen LogP contribution in [0.5, 0.6) is 0 Å². The largest absolute Gasteiger partial charge is 0.285 e. The van der Waals surface area contributed by atoms with Crippen LogP contribution < -0.4 is 4.72 Å². The molecular weight excluding hydrogens is 212 g/mol. The first-order valence-corrected chi connectivity index (χ1v) is 5.21. The van der Waals surface area contributed by atoms with Gasteiger partial charge in [0.05, 0.1) is 5.69 Å². The highest BCUT2D eigenvalue weighted by Gasteiger charge is 2.22. The molecule has 0 bridgehead atoms. The highest BCUT2D eigenvalue weighted by atomic mass is 35.5. The summed E-state index contributed by atoms with van der Waals surface area (Å²) in [4.78, 5) is 3.89. The van der Waals surface area contributed by atoms with Crippen molar-refractivity contribution in [1.82, 2.24) is 4.72 Å². The molecule has 0 aliphatic carbocycles. The van der Waals surface area contributed by atoms with Crippen LogP contribution in [0.1, 0.15) is 0 Å². The molecule has 1 aromatic carbocycles. The molecule has 0 fully saturated rings. The lowest BCUT2D eigenvalue weighted by Gasteiger charge is -2.08. The van der Waals surface area contributed by atoms with Gasteiger partial charge in [0.15, 0.2) is 0 Å². The van der Waals surface area contributed by atoms with Crippen LogP contribution in [0.4, 0.5) is 5.69 Å². The Labute approximate surface area is 80.3 Å². The molecule has 0 amide bonds. The maximum Gasteiger partial charge on any atom is 0.285 e. The van der Waals surface area contributed by atoms with Crippen molar-refractivity contribution in [3.8, 4) is 0 Å². The first-order valence-electron chi connectivity index (χ1n) is 3.39. The number of hydrogen-bond acceptors (Lipinski definition) is 3. The Hall–Kier alpha value is -1.07. The molecule has 1 aliphatic rings. The van der Waals surface area contributed by atoms with Crippen LogP contribution >= 0.6 is 11.6 Å². The third kappa shape index (κ3) is 1.40. The summed E-state index contributed by atoms with van der Waals surface area (Å²) in [6.45, 7) is 0. The molecule has 0 saturated carbocycles. The van der Waals surface area contributed by atoms with E-state index < -0.39 is 10.0 Å². The number of halogens is 1. The topological polar surface area (TPSA) is 60.6 Å². The van der Waals surface area contributed by atoms with Crippen molar-refractivity contribution < 1.29 is 8.42 Å². The quantitative estimate of drug-likeness (QED) is 0.655. The molecule has 67 valence electrons. The zero-order valence-corrected chi connectivity index (χ0v) is 7.88. The molecule has 1 radical (unpaired) electrons. The summed E-state index contributed by atoms with van der Waals surface area (Å²) in [7, 11) is -3.54. The highest BCUT2D eigenvalue weighted by molar-refractivity contribution is 7.90. The molecule has 1 aliphatic heterocycles. The minimum atomic E-state index is -3.54. The first-order chi connectivity index (χ1) is 6.09. The van der Waals surface area contributed by atoms with E-state index in [0.717, 1.165) is 6.34 Å². The van der Waals surface area contributed by atoms with Gasteiger partial charge in [-0.25, -0.2) is 4.99 Å². The lowest BCUT2D eigenvalue weighted by molar-refractivity contribution is 0.591. The predicted octanol–water partition coefficient (Wildman–Crippen LogP) is 1.31. The summed E-state index contributed by atoms with van der Waals surface area (Å²) in [6.07, 6.45) is 1.01. The number of rotatable bonds is 0. The fourth-order valence-corrected chi connectivity index (χ4v) is 2.08. The summed E-state index contributed by atoms with van der Waals surface area (Å²) < 4.78 is 25.8. The Kier molecular flexibility index (Phi) is 1.78. The maximum absolute atomic E-state index is 11.3. The van der Waals surface area contributed by atoms with Crippen LogP contribution in [0.15, 0.2) is 28.1 Å². The molecule has 0 saturated heterocycles. The van der Waals surface area contributed by atoms with Crippen LogP contribution in [0.3, 0.4) is 0 Å². The van der Waals surface area contributed by atoms with E-state index in [1.54, 1.807) is 0 Å². The van der Waals surface area contributed by atoms with Gasteiger partial charge in [-0.1, -0.05) is 11.6 Å². The average molecular weight is 216 g/mol. The van der Waals surface area contributed by atoms with Gasteiger partial charge in [0.25, 0.3) is 10.0 Å². The number of aliphatic imine (C=N–C) groups is 1. The molecular formula is C7H4ClN2O2S. The van der Waals surface area contributed by atoms with Crippen molar-refractivity contribution in [1.29, 1.82) is 0 Å². The van der Waals surface area contributed by atoms with Crippen molar-refractivity contribution in [2.24, 2.45) is 4.99 Å². The van der Waals surface area contributed by atoms with Crippen LogP contribution in [-0.4, -0.2) is 14.8 Å². The summed E-state index contributed by atoms with van der Waals surface area (Å²) in [6, 6.07) is 4.38. The molecule has 2 rings (SSSR count). The summed E-state index contributed by atoms with van der Waals surface area (Å²) >= 11 is 5.67. The average Bonchev–Trinajstić information content (AvgIpc) is 2.02. The Balaban J connectivity index is 2.75. The molecule has 1 heterocycles. The van der Waals surface area contributed by atoms with Crippen molar-refractivity contribution in [3.63, 3.8) is 0 Å². The zero-order chi connectivity index (χ0) is 9.47. The van der Waals surface area contributed by atoms with E-state index in [9.17, 15) is 8.42 Å². The second-order valence-corrected chi connectivity index (χ2v) is 4.47. The van der Waals surface area contributed by atoms with E-state index in [2.05, 4.69) is 9.71 Å². The standard InChI is InChI=1S/C7H4ClN2O2S/c8-5-1-2-7-6(3-5)9-4-10-13(7,11)12/h1-4H. The number of sulfonamides is 1. The maximum atomic E-state index is 11.3. The fraction of sp³-hybridized carbons (Fsp3) is 0. The third-order valence-corrected chi connectivity index (χ3v) is 3.09. The third-order valence-electron chi connectivity index (χ3n) is 1.58. The van der Waals surface area contributed by atoms with Crippen LogP contribution in [0.2, 0.25) is 5.02 Å². The molecule has 0 unspecified atom stereocenters. The van der Waals surface area contributed by atoms with Crippen LogP contribution in [0.25, 0.3) is 0 Å². The van der Waals surface area contributed by atoms with Gasteiger partial charge in [-0.3, -0.25) is 0 Å². The molecule has 0 spiro atoms. The molecule has 4 nitrogen and oxygen atoms in total. The minimum Gasteiger partial charge on any atom is -0.235 e. The Morgan fingerprint density at radius 2 is 2.08 bits per heavy atom. The minimum absolute atomic E-state index is 0.0967. The molecule has 0 N–H and O–H groups in total. The summed E-state index contributed by atoms with van der Waals surface area (Å²) in [5.74, 6) is 0. The van der Waals surface area contributed by atoms with E-state index in [4.69, 9.17) is 11.6 Å². The van der Waals surface area contributed by atoms with E-state index in [1.807, 2.05) is 0 Å².